The quantitative estimate of drug-likeness (QED) is 0.746. The number of hydrogen-bond donors (Lipinski definition) is 2. The SMILES string of the molecule is CCCN(CC(=O)NC)C(=O)c1nn(C)cc1N. The summed E-state index contributed by atoms with van der Waals surface area (Å²) in [5, 5.41) is 6.51. The van der Waals surface area contributed by atoms with Gasteiger partial charge >= 0.3 is 0 Å². The van der Waals surface area contributed by atoms with E-state index in [9.17, 15) is 9.59 Å². The molecule has 0 fully saturated rings. The predicted octanol–water partition coefficient (Wildman–Crippen LogP) is -0.399. The van der Waals surface area contributed by atoms with E-state index in [1.165, 1.54) is 16.6 Å². The van der Waals surface area contributed by atoms with Crippen LogP contribution in [0.5, 0.6) is 0 Å². The minimum Gasteiger partial charge on any atom is -0.396 e. The summed E-state index contributed by atoms with van der Waals surface area (Å²) in [6.07, 6.45) is 2.33. The molecule has 7 nitrogen and oxygen atoms in total. The van der Waals surface area contributed by atoms with Gasteiger partial charge in [0.1, 0.15) is 0 Å². The Balaban J connectivity index is 2.88. The fraction of sp³-hybridized carbons (Fsp3) is 0.545. The molecule has 0 saturated carbocycles. The van der Waals surface area contributed by atoms with Crippen molar-refractivity contribution in [2.45, 2.75) is 13.3 Å². The number of rotatable bonds is 5. The Morgan fingerprint density at radius 2 is 2.22 bits per heavy atom. The van der Waals surface area contributed by atoms with Gasteiger partial charge in [0.05, 0.1) is 12.2 Å². The van der Waals surface area contributed by atoms with Crippen LogP contribution < -0.4 is 11.1 Å². The van der Waals surface area contributed by atoms with E-state index in [0.717, 1.165) is 6.42 Å². The van der Waals surface area contributed by atoms with Gasteiger partial charge in [-0.1, -0.05) is 6.92 Å². The minimum atomic E-state index is -0.321. The maximum Gasteiger partial charge on any atom is 0.276 e. The Kier molecular flexibility index (Phi) is 4.70. The first-order chi connectivity index (χ1) is 8.49. The van der Waals surface area contributed by atoms with Crippen molar-refractivity contribution < 1.29 is 9.59 Å². The van der Waals surface area contributed by atoms with Crippen LogP contribution in [-0.4, -0.2) is 46.6 Å². The third-order valence-electron chi connectivity index (χ3n) is 2.45. The van der Waals surface area contributed by atoms with E-state index in [0.29, 0.717) is 12.2 Å². The number of anilines is 1. The normalized spacial score (nSPS) is 10.2. The van der Waals surface area contributed by atoms with Gasteiger partial charge in [-0.05, 0) is 6.42 Å². The largest absolute Gasteiger partial charge is 0.396 e. The Hall–Kier alpha value is -2.05. The first-order valence-electron chi connectivity index (χ1n) is 5.78. The first kappa shape index (κ1) is 14.0. The summed E-state index contributed by atoms with van der Waals surface area (Å²) in [5.41, 5.74) is 6.22. The molecule has 0 radical (unpaired) electrons. The summed E-state index contributed by atoms with van der Waals surface area (Å²) < 4.78 is 1.48. The van der Waals surface area contributed by atoms with Gasteiger partial charge in [0.15, 0.2) is 5.69 Å². The van der Waals surface area contributed by atoms with Crippen LogP contribution in [-0.2, 0) is 11.8 Å². The molecule has 100 valence electrons. The molecule has 0 unspecified atom stereocenters. The van der Waals surface area contributed by atoms with Gasteiger partial charge in [0, 0.05) is 26.8 Å². The number of nitrogens with one attached hydrogen (secondary N) is 1. The Morgan fingerprint density at radius 3 is 2.67 bits per heavy atom. The number of carbonyl (C=O) groups excluding carboxylic acids is 2. The molecule has 1 rings (SSSR count). The standard InChI is InChI=1S/C11H19N5O2/c1-4-5-16(7-9(17)13-2)11(18)10-8(12)6-15(3)14-10/h6H,4-5,7,12H2,1-3H3,(H,13,17). The van der Waals surface area contributed by atoms with Crippen molar-refractivity contribution in [3.8, 4) is 0 Å². The minimum absolute atomic E-state index is 0.0131. The highest BCUT2D eigenvalue weighted by atomic mass is 16.2. The van der Waals surface area contributed by atoms with E-state index in [-0.39, 0.29) is 24.1 Å². The maximum absolute atomic E-state index is 12.2. The zero-order chi connectivity index (χ0) is 13.7. The number of amides is 2. The number of aromatic nitrogens is 2. The lowest BCUT2D eigenvalue weighted by atomic mass is 10.3. The number of nitrogen functional groups attached to an aromatic ring is 1. The molecule has 1 heterocycles. The van der Waals surface area contributed by atoms with Gasteiger partial charge in [0.25, 0.3) is 5.91 Å². The van der Waals surface area contributed by atoms with Crippen molar-refractivity contribution in [2.75, 3.05) is 25.9 Å². The lowest BCUT2D eigenvalue weighted by molar-refractivity contribution is -0.121. The van der Waals surface area contributed by atoms with Gasteiger partial charge in [0.2, 0.25) is 5.91 Å². The number of aryl methyl sites for hydroxylation is 1. The van der Waals surface area contributed by atoms with E-state index in [2.05, 4.69) is 10.4 Å². The third kappa shape index (κ3) is 3.22. The number of carbonyl (C=O) groups is 2. The molecule has 18 heavy (non-hydrogen) atoms. The molecule has 3 N–H and O–H groups in total. The monoisotopic (exact) mass is 253 g/mol. The lowest BCUT2D eigenvalue weighted by Gasteiger charge is -2.20. The van der Waals surface area contributed by atoms with Crippen molar-refractivity contribution >= 4 is 17.5 Å². The second-order valence-corrected chi connectivity index (χ2v) is 4.01. The predicted molar refractivity (Wildman–Crippen MR) is 67.9 cm³/mol. The van der Waals surface area contributed by atoms with Gasteiger partial charge in [-0.3, -0.25) is 14.3 Å². The van der Waals surface area contributed by atoms with Crippen molar-refractivity contribution in [2.24, 2.45) is 7.05 Å². The molecular formula is C11H19N5O2. The summed E-state index contributed by atoms with van der Waals surface area (Å²) in [4.78, 5) is 25.0. The average Bonchev–Trinajstić information content (AvgIpc) is 2.66. The summed E-state index contributed by atoms with van der Waals surface area (Å²) >= 11 is 0. The van der Waals surface area contributed by atoms with Crippen LogP contribution in [0.2, 0.25) is 0 Å². The van der Waals surface area contributed by atoms with E-state index in [4.69, 9.17) is 5.73 Å². The molecule has 7 heteroatoms. The fourth-order valence-electron chi connectivity index (χ4n) is 1.60. The van der Waals surface area contributed by atoms with Gasteiger partial charge in [-0.2, -0.15) is 5.10 Å². The van der Waals surface area contributed by atoms with Crippen molar-refractivity contribution in [3.63, 3.8) is 0 Å². The smallest absolute Gasteiger partial charge is 0.276 e. The highest BCUT2D eigenvalue weighted by Crippen LogP contribution is 2.11. The van der Waals surface area contributed by atoms with E-state index in [1.54, 1.807) is 13.2 Å². The summed E-state index contributed by atoms with van der Waals surface area (Å²) in [6, 6.07) is 0. The van der Waals surface area contributed by atoms with E-state index < -0.39 is 0 Å². The van der Waals surface area contributed by atoms with E-state index in [1.807, 2.05) is 6.92 Å². The number of hydrogen-bond acceptors (Lipinski definition) is 4. The highest BCUT2D eigenvalue weighted by molar-refractivity contribution is 5.98. The lowest BCUT2D eigenvalue weighted by Crippen LogP contribution is -2.40. The number of nitrogens with zero attached hydrogens (tertiary/aromatic N) is 3. The average molecular weight is 253 g/mol. The van der Waals surface area contributed by atoms with Gasteiger partial charge < -0.3 is 16.0 Å². The number of nitrogens with two attached hydrogens (primary N) is 1. The highest BCUT2D eigenvalue weighted by Gasteiger charge is 2.22. The Bertz CT molecular complexity index is 441. The van der Waals surface area contributed by atoms with Crippen LogP contribution in [0.1, 0.15) is 23.8 Å². The zero-order valence-electron chi connectivity index (χ0n) is 10.9. The first-order valence-corrected chi connectivity index (χ1v) is 5.78. The second-order valence-electron chi connectivity index (χ2n) is 4.01. The fourth-order valence-corrected chi connectivity index (χ4v) is 1.60. The molecule has 0 spiro atoms. The second kappa shape index (κ2) is 6.04. The van der Waals surface area contributed by atoms with E-state index >= 15 is 0 Å². The summed E-state index contributed by atoms with van der Waals surface area (Å²) in [7, 11) is 3.22. The van der Waals surface area contributed by atoms with Crippen LogP contribution in [0, 0.1) is 0 Å². The van der Waals surface area contributed by atoms with Crippen molar-refractivity contribution in [1.29, 1.82) is 0 Å². The van der Waals surface area contributed by atoms with Crippen LogP contribution >= 0.6 is 0 Å². The topological polar surface area (TPSA) is 93.2 Å². The molecule has 0 saturated heterocycles. The van der Waals surface area contributed by atoms with Crippen LogP contribution in [0.4, 0.5) is 5.69 Å². The maximum atomic E-state index is 12.2. The third-order valence-corrected chi connectivity index (χ3v) is 2.45. The Labute approximate surface area is 106 Å². The molecule has 0 aliphatic heterocycles. The summed E-state index contributed by atoms with van der Waals surface area (Å²) in [5.74, 6) is -0.537. The number of likely N-dealkylation sites (N-methyl/N-ethyl adjacent to an activating group) is 1. The Morgan fingerprint density at radius 1 is 1.56 bits per heavy atom. The molecule has 1 aromatic rings. The molecule has 0 aromatic carbocycles. The molecule has 1 aromatic heterocycles. The summed E-state index contributed by atoms with van der Waals surface area (Å²) in [6.45, 7) is 2.44. The molecule has 2 amide bonds. The molecular weight excluding hydrogens is 234 g/mol. The molecule has 0 aliphatic carbocycles. The zero-order valence-corrected chi connectivity index (χ0v) is 10.9. The van der Waals surface area contributed by atoms with Gasteiger partial charge in [-0.25, -0.2) is 0 Å². The molecule has 0 aliphatic rings. The molecule has 0 bridgehead atoms. The van der Waals surface area contributed by atoms with Crippen LogP contribution in [0.15, 0.2) is 6.20 Å². The van der Waals surface area contributed by atoms with Gasteiger partial charge in [-0.15, -0.1) is 0 Å². The van der Waals surface area contributed by atoms with Crippen LogP contribution in [0.3, 0.4) is 0 Å². The molecule has 0 atom stereocenters. The van der Waals surface area contributed by atoms with Crippen molar-refractivity contribution in [3.05, 3.63) is 11.9 Å². The van der Waals surface area contributed by atoms with Crippen LogP contribution in [0.25, 0.3) is 0 Å². The van der Waals surface area contributed by atoms with Crippen molar-refractivity contribution in [1.82, 2.24) is 20.0 Å².